The Balaban J connectivity index is 2.80. The topological polar surface area (TPSA) is 3.88 Å². The standard InChI is InChI=1S/C11H14NTe/c1-4-10-9-7-8(2)5-6-11(9)13-12(10)3/h5-7H,4H2,1-3H3/q+1. The number of fused-ring (bicyclic) bond motifs is 1. The maximum atomic E-state index is 2.48. The Morgan fingerprint density at radius 1 is 1.38 bits per heavy atom. The minimum atomic E-state index is -0.0825. The Kier molecular flexibility index (Phi) is 2.45. The van der Waals surface area contributed by atoms with Crippen molar-refractivity contribution in [2.75, 3.05) is 0 Å². The molecule has 0 radical (unpaired) electrons. The Morgan fingerprint density at radius 2 is 2.15 bits per heavy atom. The molecule has 0 unspecified atom stereocenters. The average molecular weight is 288 g/mol. The van der Waals surface area contributed by atoms with E-state index in [0.717, 1.165) is 6.42 Å². The molecular formula is C11H14NTe+. The molecule has 2 rings (SSSR count). The number of rotatable bonds is 1. The first kappa shape index (κ1) is 9.24. The summed E-state index contributed by atoms with van der Waals surface area (Å²) in [4.78, 5) is 0. The Morgan fingerprint density at radius 3 is 2.85 bits per heavy atom. The summed E-state index contributed by atoms with van der Waals surface area (Å²) >= 11 is -0.0825. The molecule has 0 aliphatic heterocycles. The molecule has 0 amide bonds. The number of nitrogens with zero attached hydrogens (tertiary/aromatic N) is 1. The van der Waals surface area contributed by atoms with E-state index in [4.69, 9.17) is 0 Å². The molecule has 0 spiro atoms. The van der Waals surface area contributed by atoms with E-state index in [1.807, 2.05) is 0 Å². The van der Waals surface area contributed by atoms with Crippen LogP contribution in [0.2, 0.25) is 0 Å². The molecule has 0 atom stereocenters. The Labute approximate surface area is 89.0 Å². The van der Waals surface area contributed by atoms with Crippen LogP contribution in [-0.4, -0.2) is 20.7 Å². The van der Waals surface area contributed by atoms with Gasteiger partial charge < -0.3 is 0 Å². The summed E-state index contributed by atoms with van der Waals surface area (Å²) < 4.78 is 4.09. The van der Waals surface area contributed by atoms with Gasteiger partial charge in [-0.05, 0) is 0 Å². The molecule has 2 heteroatoms. The third kappa shape index (κ3) is 1.54. The number of aryl methyl sites for hydroxylation is 3. The molecule has 68 valence electrons. The minimum absolute atomic E-state index is 0.0825. The van der Waals surface area contributed by atoms with Gasteiger partial charge in [-0.25, -0.2) is 0 Å². The van der Waals surface area contributed by atoms with Crippen molar-refractivity contribution in [3.8, 4) is 0 Å². The van der Waals surface area contributed by atoms with Crippen LogP contribution in [0, 0.1) is 6.92 Å². The summed E-state index contributed by atoms with van der Waals surface area (Å²) in [7, 11) is 2.23. The van der Waals surface area contributed by atoms with Crippen LogP contribution in [0.25, 0.3) is 8.79 Å². The monoisotopic (exact) mass is 290 g/mol. The molecule has 0 fully saturated rings. The van der Waals surface area contributed by atoms with Gasteiger partial charge in [-0.2, -0.15) is 0 Å². The van der Waals surface area contributed by atoms with E-state index in [-0.39, 0.29) is 20.7 Å². The van der Waals surface area contributed by atoms with E-state index >= 15 is 0 Å². The first-order chi connectivity index (χ1) is 6.22. The van der Waals surface area contributed by atoms with Crippen molar-refractivity contribution < 1.29 is 2.79 Å². The zero-order chi connectivity index (χ0) is 9.42. The van der Waals surface area contributed by atoms with Gasteiger partial charge in [0.2, 0.25) is 0 Å². The normalized spacial score (nSPS) is 11.0. The molecular weight excluding hydrogens is 274 g/mol. The van der Waals surface area contributed by atoms with Gasteiger partial charge in [0.25, 0.3) is 0 Å². The quantitative estimate of drug-likeness (QED) is 0.702. The van der Waals surface area contributed by atoms with Gasteiger partial charge in [0.15, 0.2) is 0 Å². The molecule has 2 aromatic rings. The zero-order valence-corrected chi connectivity index (χ0v) is 10.6. The second kappa shape index (κ2) is 3.44. The average Bonchev–Trinajstić information content (AvgIpc) is 2.40. The number of hydrogen-bond acceptors (Lipinski definition) is 0. The van der Waals surface area contributed by atoms with E-state index in [1.165, 1.54) is 10.9 Å². The molecule has 13 heavy (non-hydrogen) atoms. The first-order valence-electron chi connectivity index (χ1n) is 4.61. The Bertz CT molecular complexity index is 443. The van der Waals surface area contributed by atoms with Crippen molar-refractivity contribution >= 4 is 29.5 Å². The number of benzene rings is 1. The van der Waals surface area contributed by atoms with E-state index in [1.54, 1.807) is 9.10 Å². The van der Waals surface area contributed by atoms with Crippen LogP contribution in [-0.2, 0) is 13.5 Å². The molecule has 0 bridgehead atoms. The van der Waals surface area contributed by atoms with Crippen molar-refractivity contribution in [1.82, 2.24) is 0 Å². The molecule has 1 aromatic heterocycles. The fraction of sp³-hybridized carbons (Fsp3) is 0.364. The Hall–Kier alpha value is -0.320. The van der Waals surface area contributed by atoms with Crippen molar-refractivity contribution in [2.24, 2.45) is 7.05 Å². The summed E-state index contributed by atoms with van der Waals surface area (Å²) in [5.74, 6) is 0. The van der Waals surface area contributed by atoms with Crippen LogP contribution >= 0.6 is 0 Å². The molecule has 0 N–H and O–H groups in total. The molecule has 0 aliphatic rings. The van der Waals surface area contributed by atoms with E-state index in [9.17, 15) is 0 Å². The van der Waals surface area contributed by atoms with Crippen molar-refractivity contribution in [3.05, 3.63) is 29.5 Å². The number of aromatic nitrogens is 1. The van der Waals surface area contributed by atoms with E-state index in [2.05, 4.69) is 41.9 Å². The first-order valence-corrected chi connectivity index (χ1v) is 6.81. The fourth-order valence-electron chi connectivity index (χ4n) is 1.73. The van der Waals surface area contributed by atoms with Gasteiger partial charge in [-0.15, -0.1) is 0 Å². The summed E-state index contributed by atoms with van der Waals surface area (Å²) in [6, 6.07) is 6.88. The number of hydrogen-bond donors (Lipinski definition) is 0. The van der Waals surface area contributed by atoms with Gasteiger partial charge in [0, 0.05) is 0 Å². The maximum absolute atomic E-state index is 2.48. The predicted octanol–water partition coefficient (Wildman–Crippen LogP) is 1.59. The van der Waals surface area contributed by atoms with Gasteiger partial charge in [0.1, 0.15) is 0 Å². The SMILES string of the molecule is CCc1c2cc(C)ccc2[te][n+]1C. The second-order valence-electron chi connectivity index (χ2n) is 3.39. The fourth-order valence-corrected chi connectivity index (χ4v) is 4.69. The molecule has 0 saturated heterocycles. The third-order valence-corrected chi connectivity index (χ3v) is 5.38. The molecule has 0 saturated carbocycles. The van der Waals surface area contributed by atoms with Crippen LogP contribution in [0.4, 0.5) is 0 Å². The van der Waals surface area contributed by atoms with Crippen LogP contribution in [0.1, 0.15) is 18.2 Å². The van der Waals surface area contributed by atoms with E-state index < -0.39 is 0 Å². The van der Waals surface area contributed by atoms with Crippen LogP contribution in [0.15, 0.2) is 18.2 Å². The molecule has 1 nitrogen and oxygen atoms in total. The predicted molar refractivity (Wildman–Crippen MR) is 56.2 cm³/mol. The summed E-state index contributed by atoms with van der Waals surface area (Å²) in [6.07, 6.45) is 1.16. The summed E-state index contributed by atoms with van der Waals surface area (Å²) in [5.41, 5.74) is 2.92. The third-order valence-electron chi connectivity index (χ3n) is 2.40. The molecule has 0 aliphatic carbocycles. The second-order valence-corrected chi connectivity index (χ2v) is 6.73. The van der Waals surface area contributed by atoms with Gasteiger partial charge in [-0.1, -0.05) is 0 Å². The molecule has 1 heterocycles. The van der Waals surface area contributed by atoms with Crippen LogP contribution in [0.3, 0.4) is 0 Å². The van der Waals surface area contributed by atoms with Crippen molar-refractivity contribution in [2.45, 2.75) is 20.3 Å². The van der Waals surface area contributed by atoms with Crippen molar-refractivity contribution in [3.63, 3.8) is 0 Å². The van der Waals surface area contributed by atoms with Crippen molar-refractivity contribution in [1.29, 1.82) is 0 Å². The van der Waals surface area contributed by atoms with Gasteiger partial charge in [-0.3, -0.25) is 0 Å². The molecule has 1 aromatic carbocycles. The van der Waals surface area contributed by atoms with Gasteiger partial charge >= 0.3 is 89.1 Å². The summed E-state index contributed by atoms with van der Waals surface area (Å²) in [5, 5.41) is 1.52. The van der Waals surface area contributed by atoms with E-state index in [0.29, 0.717) is 0 Å². The zero-order valence-electron chi connectivity index (χ0n) is 8.29. The van der Waals surface area contributed by atoms with Gasteiger partial charge in [0.05, 0.1) is 0 Å². The van der Waals surface area contributed by atoms with Crippen LogP contribution in [0.5, 0.6) is 0 Å². The van der Waals surface area contributed by atoms with Crippen LogP contribution < -0.4 is 2.79 Å². The summed E-state index contributed by atoms with van der Waals surface area (Å²) in [6.45, 7) is 4.42.